The van der Waals surface area contributed by atoms with Crippen molar-refractivity contribution in [3.8, 4) is 11.5 Å². The lowest BCUT2D eigenvalue weighted by molar-refractivity contribution is 0.394. The van der Waals surface area contributed by atoms with E-state index in [0.29, 0.717) is 16.6 Å². The summed E-state index contributed by atoms with van der Waals surface area (Å²) >= 11 is 3.11. The van der Waals surface area contributed by atoms with Gasteiger partial charge in [-0.05, 0) is 34.5 Å². The molecule has 0 saturated heterocycles. The lowest BCUT2D eigenvalue weighted by Crippen LogP contribution is -2.08. The summed E-state index contributed by atoms with van der Waals surface area (Å²) in [5.74, 6) is -0.177. The molecule has 0 amide bonds. The van der Waals surface area contributed by atoms with E-state index >= 15 is 0 Å². The maximum absolute atomic E-state index is 9.54. The van der Waals surface area contributed by atoms with Crippen molar-refractivity contribution in [1.29, 1.82) is 0 Å². The highest BCUT2D eigenvalue weighted by molar-refractivity contribution is 9.10. The third kappa shape index (κ3) is 1.95. The van der Waals surface area contributed by atoms with Crippen LogP contribution >= 0.6 is 15.9 Å². The zero-order chi connectivity index (χ0) is 10.0. The van der Waals surface area contributed by atoms with Gasteiger partial charge in [-0.1, -0.05) is 13.0 Å². The minimum absolute atomic E-state index is 0.0407. The van der Waals surface area contributed by atoms with Crippen molar-refractivity contribution >= 4 is 15.9 Å². The first-order valence-electron chi connectivity index (χ1n) is 3.98. The molecule has 13 heavy (non-hydrogen) atoms. The van der Waals surface area contributed by atoms with Crippen LogP contribution in [0, 0.1) is 0 Å². The van der Waals surface area contributed by atoms with Crippen molar-refractivity contribution in [3.63, 3.8) is 0 Å². The largest absolute Gasteiger partial charge is 0.504 e. The summed E-state index contributed by atoms with van der Waals surface area (Å²) < 4.78 is 0.484. The van der Waals surface area contributed by atoms with Crippen LogP contribution in [0.25, 0.3) is 0 Å². The van der Waals surface area contributed by atoms with Gasteiger partial charge in [-0.15, -0.1) is 0 Å². The van der Waals surface area contributed by atoms with Gasteiger partial charge >= 0.3 is 0 Å². The second-order valence-electron chi connectivity index (χ2n) is 2.97. The van der Waals surface area contributed by atoms with E-state index < -0.39 is 0 Å². The number of phenolic OH excluding ortho intramolecular Hbond substituents is 2. The molecule has 0 radical (unpaired) electrons. The fourth-order valence-corrected chi connectivity index (χ4v) is 1.42. The summed E-state index contributed by atoms with van der Waals surface area (Å²) in [5.41, 5.74) is 6.13. The first-order valence-corrected chi connectivity index (χ1v) is 4.77. The number of nitrogens with two attached hydrogens (primary N) is 1. The van der Waals surface area contributed by atoms with Gasteiger partial charge < -0.3 is 15.9 Å². The lowest BCUT2D eigenvalue weighted by atomic mass is 10.00. The number of rotatable bonds is 2. The first kappa shape index (κ1) is 10.3. The quantitative estimate of drug-likeness (QED) is 0.698. The topological polar surface area (TPSA) is 66.5 Å². The second-order valence-corrected chi connectivity index (χ2v) is 3.82. The van der Waals surface area contributed by atoms with Crippen LogP contribution in [0.3, 0.4) is 0 Å². The highest BCUT2D eigenvalue weighted by Crippen LogP contribution is 2.38. The van der Waals surface area contributed by atoms with Crippen molar-refractivity contribution in [2.75, 3.05) is 6.54 Å². The monoisotopic (exact) mass is 245 g/mol. The Balaban J connectivity index is 3.18. The summed E-state index contributed by atoms with van der Waals surface area (Å²) in [6.07, 6.45) is 0. The highest BCUT2D eigenvalue weighted by Gasteiger charge is 2.13. The molecule has 1 unspecified atom stereocenters. The molecule has 0 aliphatic heterocycles. The van der Waals surface area contributed by atoms with E-state index in [2.05, 4.69) is 15.9 Å². The Morgan fingerprint density at radius 1 is 1.38 bits per heavy atom. The van der Waals surface area contributed by atoms with Crippen LogP contribution in [0.15, 0.2) is 16.6 Å². The fourth-order valence-electron chi connectivity index (χ4n) is 1.10. The molecule has 0 fully saturated rings. The number of aromatic hydroxyl groups is 2. The molecule has 72 valence electrons. The van der Waals surface area contributed by atoms with Gasteiger partial charge in [-0.3, -0.25) is 0 Å². The molecule has 0 spiro atoms. The van der Waals surface area contributed by atoms with Gasteiger partial charge in [0, 0.05) is 5.56 Å². The maximum Gasteiger partial charge on any atom is 0.172 e. The average Bonchev–Trinajstić information content (AvgIpc) is 2.13. The van der Waals surface area contributed by atoms with E-state index in [1.807, 2.05) is 6.92 Å². The average molecular weight is 246 g/mol. The van der Waals surface area contributed by atoms with Crippen molar-refractivity contribution in [2.45, 2.75) is 12.8 Å². The Morgan fingerprint density at radius 3 is 2.54 bits per heavy atom. The smallest absolute Gasteiger partial charge is 0.172 e. The van der Waals surface area contributed by atoms with Gasteiger partial charge in [0.05, 0.1) is 4.47 Å². The van der Waals surface area contributed by atoms with Crippen LogP contribution in [0.4, 0.5) is 0 Å². The number of phenols is 2. The van der Waals surface area contributed by atoms with Gasteiger partial charge in [0.15, 0.2) is 11.5 Å². The lowest BCUT2D eigenvalue weighted by Gasteiger charge is -2.12. The summed E-state index contributed by atoms with van der Waals surface area (Å²) in [6, 6.07) is 3.44. The molecule has 0 bridgehead atoms. The van der Waals surface area contributed by atoms with Crippen molar-refractivity contribution in [3.05, 3.63) is 22.2 Å². The molecule has 4 heteroatoms. The van der Waals surface area contributed by atoms with Gasteiger partial charge in [0.25, 0.3) is 0 Å². The van der Waals surface area contributed by atoms with Crippen molar-refractivity contribution in [2.24, 2.45) is 5.73 Å². The Morgan fingerprint density at radius 2 is 2.00 bits per heavy atom. The van der Waals surface area contributed by atoms with E-state index in [1.165, 1.54) is 0 Å². The molecule has 0 heterocycles. The molecule has 1 rings (SSSR count). The Bertz CT molecular complexity index is 315. The standard InChI is InChI=1S/C9H12BrNO2/c1-5(4-11)6-2-3-7(10)9(13)8(6)12/h2-3,5,12-13H,4,11H2,1H3. The van der Waals surface area contributed by atoms with E-state index in [4.69, 9.17) is 5.73 Å². The number of hydrogen-bond acceptors (Lipinski definition) is 3. The maximum atomic E-state index is 9.54. The third-order valence-electron chi connectivity index (χ3n) is 2.02. The molecular weight excluding hydrogens is 234 g/mol. The first-order chi connectivity index (χ1) is 6.07. The Hall–Kier alpha value is -0.740. The van der Waals surface area contributed by atoms with E-state index in [9.17, 15) is 10.2 Å². The zero-order valence-electron chi connectivity index (χ0n) is 7.29. The molecular formula is C9H12BrNO2. The van der Waals surface area contributed by atoms with Crippen LogP contribution in [0.5, 0.6) is 11.5 Å². The highest BCUT2D eigenvalue weighted by atomic mass is 79.9. The van der Waals surface area contributed by atoms with Gasteiger partial charge in [-0.2, -0.15) is 0 Å². The van der Waals surface area contributed by atoms with Crippen molar-refractivity contribution < 1.29 is 10.2 Å². The number of halogens is 1. The molecule has 3 nitrogen and oxygen atoms in total. The van der Waals surface area contributed by atoms with Crippen LogP contribution in [-0.4, -0.2) is 16.8 Å². The van der Waals surface area contributed by atoms with E-state index in [-0.39, 0.29) is 17.4 Å². The predicted octanol–water partition coefficient (Wildman–Crippen LogP) is 1.92. The molecule has 1 atom stereocenters. The molecule has 0 aliphatic carbocycles. The van der Waals surface area contributed by atoms with Crippen LogP contribution in [0.1, 0.15) is 18.4 Å². The zero-order valence-corrected chi connectivity index (χ0v) is 8.87. The van der Waals surface area contributed by atoms with E-state index in [1.54, 1.807) is 12.1 Å². The van der Waals surface area contributed by atoms with Gasteiger partial charge in [0.2, 0.25) is 0 Å². The Kier molecular flexibility index (Phi) is 3.17. The summed E-state index contributed by atoms with van der Waals surface area (Å²) in [6.45, 7) is 2.33. The molecule has 1 aromatic rings. The molecule has 0 aromatic heterocycles. The molecule has 0 aliphatic rings. The normalized spacial score (nSPS) is 12.8. The van der Waals surface area contributed by atoms with Crippen LogP contribution in [0.2, 0.25) is 0 Å². The van der Waals surface area contributed by atoms with Crippen LogP contribution in [-0.2, 0) is 0 Å². The summed E-state index contributed by atoms with van der Waals surface area (Å²) in [5, 5.41) is 18.9. The van der Waals surface area contributed by atoms with Crippen molar-refractivity contribution in [1.82, 2.24) is 0 Å². The molecule has 0 saturated carbocycles. The molecule has 4 N–H and O–H groups in total. The van der Waals surface area contributed by atoms with Gasteiger partial charge in [0.1, 0.15) is 0 Å². The SMILES string of the molecule is CC(CN)c1ccc(Br)c(O)c1O. The van der Waals surface area contributed by atoms with Gasteiger partial charge in [-0.25, -0.2) is 0 Å². The summed E-state index contributed by atoms with van der Waals surface area (Å²) in [4.78, 5) is 0. The minimum atomic E-state index is -0.127. The number of hydrogen-bond donors (Lipinski definition) is 3. The van der Waals surface area contributed by atoms with E-state index in [0.717, 1.165) is 0 Å². The third-order valence-corrected chi connectivity index (χ3v) is 2.66. The minimum Gasteiger partial charge on any atom is -0.504 e. The van der Waals surface area contributed by atoms with Crippen LogP contribution < -0.4 is 5.73 Å². The fraction of sp³-hybridized carbons (Fsp3) is 0.333. The Labute approximate surface area is 85.3 Å². The summed E-state index contributed by atoms with van der Waals surface area (Å²) in [7, 11) is 0. The predicted molar refractivity (Wildman–Crippen MR) is 54.9 cm³/mol. The second kappa shape index (κ2) is 3.98. The number of benzene rings is 1. The molecule has 1 aromatic carbocycles.